The van der Waals surface area contributed by atoms with E-state index >= 15 is 0 Å². The predicted octanol–water partition coefficient (Wildman–Crippen LogP) is 3.64. The lowest BCUT2D eigenvalue weighted by Gasteiger charge is -2.22. The number of hydrogen-bond acceptors (Lipinski definition) is 5. The third-order valence-corrected chi connectivity index (χ3v) is 4.39. The Morgan fingerprint density at radius 2 is 1.74 bits per heavy atom. The van der Waals surface area contributed by atoms with Crippen LogP contribution in [-0.2, 0) is 4.79 Å². The van der Waals surface area contributed by atoms with Crippen LogP contribution in [0.3, 0.4) is 0 Å². The van der Waals surface area contributed by atoms with E-state index in [9.17, 15) is 19.7 Å². The summed E-state index contributed by atoms with van der Waals surface area (Å²) in [5, 5.41) is 14.4. The largest absolute Gasteiger partial charge is 0.287 e. The van der Waals surface area contributed by atoms with Crippen LogP contribution < -0.4 is 10.3 Å². The molecule has 0 aromatic heterocycles. The molecule has 27 heavy (non-hydrogen) atoms. The molecule has 1 unspecified atom stereocenters. The highest BCUT2D eigenvalue weighted by Crippen LogP contribution is 2.29. The summed E-state index contributed by atoms with van der Waals surface area (Å²) in [6, 6.07) is 12.7. The van der Waals surface area contributed by atoms with E-state index in [1.807, 2.05) is 6.92 Å². The van der Waals surface area contributed by atoms with Gasteiger partial charge in [-0.05, 0) is 29.8 Å². The molecule has 2 amide bonds. The van der Waals surface area contributed by atoms with Crippen LogP contribution in [0.4, 0.5) is 21.9 Å². The summed E-state index contributed by atoms with van der Waals surface area (Å²) in [6.45, 7) is 1.92. The Balaban J connectivity index is 1.90. The van der Waals surface area contributed by atoms with E-state index in [1.165, 1.54) is 29.2 Å². The van der Waals surface area contributed by atoms with Crippen LogP contribution in [0, 0.1) is 16.0 Å². The molecule has 1 heterocycles. The molecule has 0 spiro atoms. The van der Waals surface area contributed by atoms with Crippen molar-refractivity contribution in [3.8, 4) is 0 Å². The maximum atomic E-state index is 12.0. The van der Waals surface area contributed by atoms with Crippen LogP contribution in [0.5, 0.6) is 0 Å². The molecule has 1 atom stereocenters. The van der Waals surface area contributed by atoms with Crippen molar-refractivity contribution in [2.24, 2.45) is 11.0 Å². The number of hydrogen-bond donors (Lipinski definition) is 2. The molecule has 2 aromatic carbocycles. The van der Waals surface area contributed by atoms with Crippen LogP contribution in [0.15, 0.2) is 53.6 Å². The molecule has 138 valence electrons. The van der Waals surface area contributed by atoms with Gasteiger partial charge in [0.1, 0.15) is 0 Å². The molecular weight excluding hydrogens is 368 g/mol. The topological polar surface area (TPSA) is 105 Å². The third-order valence-electron chi connectivity index (χ3n) is 4.19. The van der Waals surface area contributed by atoms with Crippen molar-refractivity contribution >= 4 is 46.5 Å². The van der Waals surface area contributed by atoms with E-state index in [0.717, 1.165) is 11.3 Å². The Labute approximate surface area is 160 Å². The van der Waals surface area contributed by atoms with Gasteiger partial charge >= 0.3 is 0 Å². The summed E-state index contributed by atoms with van der Waals surface area (Å²) in [5.74, 6) is -0.130. The minimum Gasteiger partial charge on any atom is -0.273 e. The van der Waals surface area contributed by atoms with Crippen LogP contribution >= 0.6 is 12.6 Å². The van der Waals surface area contributed by atoms with E-state index in [1.54, 1.807) is 24.3 Å². The highest BCUT2D eigenvalue weighted by atomic mass is 32.1. The van der Waals surface area contributed by atoms with Crippen LogP contribution in [0.2, 0.25) is 0 Å². The van der Waals surface area contributed by atoms with E-state index < -0.39 is 10.2 Å². The average molecular weight is 384 g/mol. The number of nitrogens with zero attached hydrogens (tertiary/aromatic N) is 3. The summed E-state index contributed by atoms with van der Waals surface area (Å²) in [7, 11) is 0. The monoisotopic (exact) mass is 384 g/mol. The number of hydrazone groups is 1. The van der Waals surface area contributed by atoms with Crippen molar-refractivity contribution < 1.29 is 14.5 Å². The van der Waals surface area contributed by atoms with E-state index in [4.69, 9.17) is 0 Å². The van der Waals surface area contributed by atoms with Gasteiger partial charge in [0.2, 0.25) is 5.91 Å². The van der Waals surface area contributed by atoms with Crippen molar-refractivity contribution in [3.05, 3.63) is 64.2 Å². The lowest BCUT2D eigenvalue weighted by Crippen LogP contribution is -2.32. The van der Waals surface area contributed by atoms with Crippen molar-refractivity contribution in [3.63, 3.8) is 0 Å². The highest BCUT2D eigenvalue weighted by Gasteiger charge is 2.22. The Bertz CT molecular complexity index is 925. The maximum Gasteiger partial charge on any atom is 0.287 e. The molecule has 8 nitrogen and oxygen atoms in total. The fraction of sp³-hybridized carbons (Fsp3) is 0.167. The summed E-state index contributed by atoms with van der Waals surface area (Å²) in [4.78, 5) is 35.0. The first-order chi connectivity index (χ1) is 12.9. The molecule has 3 rings (SSSR count). The number of benzene rings is 2. The molecule has 0 radical (unpaired) electrons. The van der Waals surface area contributed by atoms with E-state index in [-0.39, 0.29) is 17.5 Å². The molecular formula is C18H16N4O4S. The standard InChI is InChI=1S/C18H16N4O4S/c1-11-10-16(23)19-20-17(11)12-2-4-13(5-3-12)21(18(24)27)14-6-8-15(9-7-14)22(25)26/h2-9,11H,10H2,1H3,(H,19,23)(H,24,27). The number of non-ortho nitro benzene ring substituents is 1. The number of carbonyl (C=O) groups is 2. The highest BCUT2D eigenvalue weighted by molar-refractivity contribution is 7.97. The predicted molar refractivity (Wildman–Crippen MR) is 105 cm³/mol. The van der Waals surface area contributed by atoms with Gasteiger partial charge in [0.05, 0.1) is 16.3 Å². The number of nitro groups is 1. The fourth-order valence-corrected chi connectivity index (χ4v) is 3.11. The fourth-order valence-electron chi connectivity index (χ4n) is 2.88. The van der Waals surface area contributed by atoms with Gasteiger partial charge in [-0.15, -0.1) is 0 Å². The van der Waals surface area contributed by atoms with Gasteiger partial charge < -0.3 is 0 Å². The van der Waals surface area contributed by atoms with Crippen molar-refractivity contribution in [1.29, 1.82) is 0 Å². The van der Waals surface area contributed by atoms with Crippen molar-refractivity contribution in [1.82, 2.24) is 5.43 Å². The summed E-state index contributed by atoms with van der Waals surface area (Å²) < 4.78 is 0. The molecule has 1 aliphatic rings. The number of nitro benzene ring substituents is 1. The second-order valence-corrected chi connectivity index (χ2v) is 6.46. The van der Waals surface area contributed by atoms with Crippen molar-refractivity contribution in [2.45, 2.75) is 13.3 Å². The number of carbonyl (C=O) groups excluding carboxylic acids is 2. The number of rotatable bonds is 4. The van der Waals surface area contributed by atoms with E-state index in [0.29, 0.717) is 17.8 Å². The van der Waals surface area contributed by atoms with E-state index in [2.05, 4.69) is 23.2 Å². The third kappa shape index (κ3) is 3.98. The minimum atomic E-state index is -0.521. The molecule has 0 aliphatic carbocycles. The van der Waals surface area contributed by atoms with Crippen molar-refractivity contribution in [2.75, 3.05) is 4.90 Å². The lowest BCUT2D eigenvalue weighted by molar-refractivity contribution is -0.384. The molecule has 0 bridgehead atoms. The lowest BCUT2D eigenvalue weighted by atomic mass is 9.94. The van der Waals surface area contributed by atoms with Gasteiger partial charge in [-0.25, -0.2) is 5.43 Å². The Kier molecular flexibility index (Phi) is 5.22. The maximum absolute atomic E-state index is 12.0. The molecule has 2 aromatic rings. The first-order valence-corrected chi connectivity index (χ1v) is 8.56. The van der Waals surface area contributed by atoms with Gasteiger partial charge in [-0.1, -0.05) is 31.7 Å². The Hall–Kier alpha value is -3.20. The number of anilines is 2. The smallest absolute Gasteiger partial charge is 0.273 e. The molecule has 1 aliphatic heterocycles. The number of amides is 2. The van der Waals surface area contributed by atoms with Gasteiger partial charge in [-0.2, -0.15) is 5.10 Å². The molecule has 0 fully saturated rings. The average Bonchev–Trinajstić information content (AvgIpc) is 2.63. The Morgan fingerprint density at radius 3 is 2.22 bits per heavy atom. The SMILES string of the molecule is CC1CC(=O)NN=C1c1ccc(N(C(=O)S)c2ccc([N+](=O)[O-])cc2)cc1. The molecule has 0 saturated heterocycles. The first kappa shape index (κ1) is 18.6. The number of nitrogens with one attached hydrogen (secondary N) is 1. The summed E-state index contributed by atoms with van der Waals surface area (Å²) in [5.41, 5.74) is 5.03. The first-order valence-electron chi connectivity index (χ1n) is 8.11. The van der Waals surface area contributed by atoms with Gasteiger partial charge in [-0.3, -0.25) is 24.6 Å². The Morgan fingerprint density at radius 1 is 1.19 bits per heavy atom. The van der Waals surface area contributed by atoms with Crippen LogP contribution in [-0.4, -0.2) is 21.8 Å². The molecule has 9 heteroatoms. The quantitative estimate of drug-likeness (QED) is 0.477. The number of thiol groups is 1. The van der Waals surface area contributed by atoms with Crippen LogP contribution in [0.25, 0.3) is 0 Å². The zero-order chi connectivity index (χ0) is 19.6. The van der Waals surface area contributed by atoms with Gasteiger partial charge in [0.15, 0.2) is 0 Å². The zero-order valence-corrected chi connectivity index (χ0v) is 15.2. The zero-order valence-electron chi connectivity index (χ0n) is 14.3. The molecule has 0 saturated carbocycles. The normalized spacial score (nSPS) is 16.3. The minimum absolute atomic E-state index is 0.0121. The second-order valence-electron chi connectivity index (χ2n) is 6.08. The van der Waals surface area contributed by atoms with Crippen LogP contribution in [0.1, 0.15) is 18.9 Å². The van der Waals surface area contributed by atoms with Gasteiger partial charge in [0, 0.05) is 30.2 Å². The second kappa shape index (κ2) is 7.58. The molecule has 1 N–H and O–H groups in total. The summed E-state index contributed by atoms with van der Waals surface area (Å²) in [6.07, 6.45) is 0.366. The summed E-state index contributed by atoms with van der Waals surface area (Å²) >= 11 is 3.92. The van der Waals surface area contributed by atoms with Gasteiger partial charge in [0.25, 0.3) is 10.9 Å².